The lowest BCUT2D eigenvalue weighted by Crippen LogP contribution is -2.61. The smallest absolute Gasteiger partial charge is 0.269 e. The van der Waals surface area contributed by atoms with Crippen molar-refractivity contribution in [2.75, 3.05) is 25.0 Å². The van der Waals surface area contributed by atoms with Gasteiger partial charge in [0.1, 0.15) is 11.6 Å². The molecule has 5 N–H and O–H groups in total. The summed E-state index contributed by atoms with van der Waals surface area (Å²) in [6.45, 7) is 3.12. The van der Waals surface area contributed by atoms with E-state index in [9.17, 15) is 29.3 Å². The lowest BCUT2D eigenvalue weighted by molar-refractivity contribution is -0.384. The molecule has 0 aliphatic carbocycles. The number of nitrogens with zero attached hydrogens (tertiary/aromatic N) is 2. The molecule has 1 heterocycles. The maximum absolute atomic E-state index is 13.1. The molecular weight excluding hydrogens is 420 g/mol. The van der Waals surface area contributed by atoms with Crippen LogP contribution in [0.2, 0.25) is 0 Å². The fourth-order valence-corrected chi connectivity index (χ4v) is 3.41. The van der Waals surface area contributed by atoms with Gasteiger partial charge in [0.25, 0.3) is 5.69 Å². The second-order valence-electron chi connectivity index (χ2n) is 7.66. The normalized spacial score (nSPS) is 17.2. The third-order valence-electron chi connectivity index (χ3n) is 5.38. The quantitative estimate of drug-likeness (QED) is 0.301. The van der Waals surface area contributed by atoms with Gasteiger partial charge in [0.05, 0.1) is 18.0 Å². The van der Waals surface area contributed by atoms with E-state index >= 15 is 0 Å². The third-order valence-corrected chi connectivity index (χ3v) is 5.38. The first-order valence-corrected chi connectivity index (χ1v) is 10.3. The minimum atomic E-state index is -1.19. The number of nitrogens with two attached hydrogens (primary N) is 1. The van der Waals surface area contributed by atoms with E-state index in [1.165, 1.54) is 29.2 Å². The molecular formula is C20H28N6O6. The van der Waals surface area contributed by atoms with Crippen molar-refractivity contribution in [3.05, 3.63) is 34.4 Å². The molecule has 2 atom stereocenters. The highest BCUT2D eigenvalue weighted by Crippen LogP contribution is 2.23. The first-order chi connectivity index (χ1) is 15.1. The molecule has 1 saturated heterocycles. The van der Waals surface area contributed by atoms with Crippen LogP contribution in [0, 0.1) is 10.1 Å². The topological polar surface area (TPSA) is 177 Å². The standard InChI is InChI=1S/C20H28N6O6/c1-3-20(2,24-16(27)11-21)19(30)25-10-4-5-15(25)18(29)22-12-17(28)23-13-6-8-14(9-7-13)26(31)32/h6-9,15H,3-5,10-12,21H2,1-2H3,(H,22,29)(H,23,28)(H,24,27)/t15-,20-/m0/s1. The van der Waals surface area contributed by atoms with E-state index in [1.54, 1.807) is 13.8 Å². The van der Waals surface area contributed by atoms with Gasteiger partial charge >= 0.3 is 0 Å². The van der Waals surface area contributed by atoms with Crippen LogP contribution in [0.15, 0.2) is 24.3 Å². The number of benzene rings is 1. The second kappa shape index (κ2) is 10.7. The number of nitrogens with one attached hydrogen (secondary N) is 3. The summed E-state index contributed by atoms with van der Waals surface area (Å²) >= 11 is 0. The maximum atomic E-state index is 13.1. The zero-order valence-corrected chi connectivity index (χ0v) is 18.1. The second-order valence-corrected chi connectivity index (χ2v) is 7.66. The average molecular weight is 448 g/mol. The van der Waals surface area contributed by atoms with Crippen molar-refractivity contribution in [2.45, 2.75) is 44.7 Å². The van der Waals surface area contributed by atoms with Gasteiger partial charge in [-0.3, -0.25) is 29.3 Å². The number of rotatable bonds is 9. The fourth-order valence-electron chi connectivity index (χ4n) is 3.41. The van der Waals surface area contributed by atoms with Crippen molar-refractivity contribution >= 4 is 35.0 Å². The van der Waals surface area contributed by atoms with E-state index in [-0.39, 0.29) is 24.7 Å². The minimum Gasteiger partial charge on any atom is -0.345 e. The molecule has 0 bridgehead atoms. The number of carbonyl (C=O) groups is 4. The first kappa shape index (κ1) is 24.7. The summed E-state index contributed by atoms with van der Waals surface area (Å²) < 4.78 is 0. The molecule has 1 fully saturated rings. The number of hydrogen-bond acceptors (Lipinski definition) is 7. The average Bonchev–Trinajstić information content (AvgIpc) is 3.27. The highest BCUT2D eigenvalue weighted by molar-refractivity contribution is 5.98. The van der Waals surface area contributed by atoms with Gasteiger partial charge < -0.3 is 26.6 Å². The van der Waals surface area contributed by atoms with Crippen molar-refractivity contribution in [3.63, 3.8) is 0 Å². The summed E-state index contributed by atoms with van der Waals surface area (Å²) in [6, 6.07) is 4.53. The molecule has 0 unspecified atom stereocenters. The highest BCUT2D eigenvalue weighted by Gasteiger charge is 2.42. The lowest BCUT2D eigenvalue weighted by Gasteiger charge is -2.35. The Bertz CT molecular complexity index is 889. The Balaban J connectivity index is 1.95. The Morgan fingerprint density at radius 2 is 1.88 bits per heavy atom. The van der Waals surface area contributed by atoms with Crippen LogP contribution in [0.3, 0.4) is 0 Å². The number of carbonyl (C=O) groups excluding carboxylic acids is 4. The van der Waals surface area contributed by atoms with E-state index in [0.29, 0.717) is 31.5 Å². The first-order valence-electron chi connectivity index (χ1n) is 10.3. The van der Waals surface area contributed by atoms with Gasteiger partial charge in [-0.05, 0) is 38.3 Å². The molecule has 1 aromatic rings. The van der Waals surface area contributed by atoms with E-state index < -0.39 is 34.2 Å². The van der Waals surface area contributed by atoms with Crippen LogP contribution in [0.4, 0.5) is 11.4 Å². The van der Waals surface area contributed by atoms with Crippen molar-refractivity contribution in [2.24, 2.45) is 5.73 Å². The van der Waals surface area contributed by atoms with Gasteiger partial charge in [-0.25, -0.2) is 0 Å². The number of nitro benzene ring substituents is 1. The molecule has 0 saturated carbocycles. The van der Waals surface area contributed by atoms with Crippen LogP contribution in [0.5, 0.6) is 0 Å². The summed E-state index contributed by atoms with van der Waals surface area (Å²) in [5.41, 5.74) is 4.39. The van der Waals surface area contributed by atoms with Gasteiger partial charge in [-0.2, -0.15) is 0 Å². The Labute approximate surface area is 185 Å². The molecule has 1 aliphatic heterocycles. The number of hydrogen-bond donors (Lipinski definition) is 4. The molecule has 0 spiro atoms. The predicted octanol–water partition coefficient (Wildman–Crippen LogP) is -0.116. The van der Waals surface area contributed by atoms with Gasteiger partial charge in [0.2, 0.25) is 23.6 Å². The van der Waals surface area contributed by atoms with E-state index in [2.05, 4.69) is 16.0 Å². The SMILES string of the molecule is CC[C@](C)(NC(=O)CN)C(=O)N1CCC[C@H]1C(=O)NCC(=O)Nc1ccc([N+](=O)[O-])cc1. The molecule has 0 radical (unpaired) electrons. The van der Waals surface area contributed by atoms with Gasteiger partial charge in [-0.15, -0.1) is 0 Å². The number of likely N-dealkylation sites (tertiary alicyclic amines) is 1. The molecule has 2 rings (SSSR count). The van der Waals surface area contributed by atoms with Crippen LogP contribution in [0.25, 0.3) is 0 Å². The largest absolute Gasteiger partial charge is 0.345 e. The van der Waals surface area contributed by atoms with Crippen LogP contribution in [-0.4, -0.2) is 64.7 Å². The number of anilines is 1. The van der Waals surface area contributed by atoms with Gasteiger partial charge in [0, 0.05) is 24.4 Å². The zero-order valence-electron chi connectivity index (χ0n) is 18.1. The van der Waals surface area contributed by atoms with Crippen molar-refractivity contribution in [3.8, 4) is 0 Å². The van der Waals surface area contributed by atoms with E-state index in [1.807, 2.05) is 0 Å². The molecule has 4 amide bonds. The maximum Gasteiger partial charge on any atom is 0.269 e. The van der Waals surface area contributed by atoms with E-state index in [4.69, 9.17) is 5.73 Å². The monoisotopic (exact) mass is 448 g/mol. The van der Waals surface area contributed by atoms with Crippen LogP contribution in [0.1, 0.15) is 33.1 Å². The van der Waals surface area contributed by atoms with Crippen LogP contribution >= 0.6 is 0 Å². The number of nitro groups is 1. The summed E-state index contributed by atoms with van der Waals surface area (Å²) in [6.07, 6.45) is 1.37. The Hall–Kier alpha value is -3.54. The summed E-state index contributed by atoms with van der Waals surface area (Å²) in [5, 5.41) is 18.4. The summed E-state index contributed by atoms with van der Waals surface area (Å²) in [4.78, 5) is 61.2. The van der Waals surface area contributed by atoms with Crippen LogP contribution < -0.4 is 21.7 Å². The Kier molecular flexibility index (Phi) is 8.24. The molecule has 12 nitrogen and oxygen atoms in total. The van der Waals surface area contributed by atoms with E-state index in [0.717, 1.165) is 0 Å². The minimum absolute atomic E-state index is 0.107. The van der Waals surface area contributed by atoms with Crippen LogP contribution in [-0.2, 0) is 19.2 Å². The van der Waals surface area contributed by atoms with Gasteiger partial charge in [0.15, 0.2) is 0 Å². The Morgan fingerprint density at radius 3 is 2.44 bits per heavy atom. The zero-order chi connectivity index (χ0) is 23.9. The molecule has 1 aliphatic rings. The Morgan fingerprint density at radius 1 is 1.22 bits per heavy atom. The molecule has 1 aromatic carbocycles. The highest BCUT2D eigenvalue weighted by atomic mass is 16.6. The third kappa shape index (κ3) is 6.00. The van der Waals surface area contributed by atoms with Crippen molar-refractivity contribution in [1.29, 1.82) is 0 Å². The number of amides is 4. The van der Waals surface area contributed by atoms with Gasteiger partial charge in [-0.1, -0.05) is 6.92 Å². The molecule has 32 heavy (non-hydrogen) atoms. The molecule has 174 valence electrons. The number of non-ortho nitro benzene ring substituents is 1. The summed E-state index contributed by atoms with van der Waals surface area (Å²) in [5.74, 6) is -1.84. The van der Waals surface area contributed by atoms with Crippen molar-refractivity contribution < 1.29 is 24.1 Å². The fraction of sp³-hybridized carbons (Fsp3) is 0.500. The molecule has 0 aromatic heterocycles. The predicted molar refractivity (Wildman–Crippen MR) is 115 cm³/mol. The summed E-state index contributed by atoms with van der Waals surface area (Å²) in [7, 11) is 0. The lowest BCUT2D eigenvalue weighted by atomic mass is 9.96. The van der Waals surface area contributed by atoms with Crippen molar-refractivity contribution in [1.82, 2.24) is 15.5 Å². The molecule has 12 heteroatoms.